The van der Waals surface area contributed by atoms with E-state index in [-0.39, 0.29) is 137 Å². The summed E-state index contributed by atoms with van der Waals surface area (Å²) >= 11 is 0. The summed E-state index contributed by atoms with van der Waals surface area (Å²) in [5.41, 5.74) is 19.1. The van der Waals surface area contributed by atoms with Crippen LogP contribution in [0.3, 0.4) is 0 Å². The van der Waals surface area contributed by atoms with Crippen molar-refractivity contribution in [3.8, 4) is 122 Å². The summed E-state index contributed by atoms with van der Waals surface area (Å²) in [6, 6.07) is 99.4. The summed E-state index contributed by atoms with van der Waals surface area (Å²) in [5.74, 6) is 0. The third-order valence-corrected chi connectivity index (χ3v) is 24.3. The minimum absolute atomic E-state index is 0.175. The number of fused-ring (bicyclic) bond motifs is 15. The zero-order valence-electron chi connectivity index (χ0n) is 92.6. The van der Waals surface area contributed by atoms with Gasteiger partial charge in [0.15, 0.2) is 0 Å². The third kappa shape index (κ3) is 13.4. The smallest absolute Gasteiger partial charge is 0.136 e. The Bertz CT molecular complexity index is 10200. The van der Waals surface area contributed by atoms with Crippen molar-refractivity contribution in [2.75, 3.05) is 0 Å². The van der Waals surface area contributed by atoms with Gasteiger partial charge in [-0.25, -0.2) is 0 Å². The molecule has 3 heteroatoms. The molecule has 3 nitrogen and oxygen atoms in total. The minimum atomic E-state index is -0.433. The first-order valence-corrected chi connectivity index (χ1v) is 42.3. The van der Waals surface area contributed by atoms with Gasteiger partial charge in [-0.2, -0.15) is 0 Å². The van der Waals surface area contributed by atoms with E-state index in [1.807, 2.05) is 176 Å². The highest BCUT2D eigenvalue weighted by atomic mass is 16.3. The van der Waals surface area contributed by atoms with Crippen LogP contribution in [0.5, 0.6) is 0 Å². The van der Waals surface area contributed by atoms with Gasteiger partial charge in [-0.05, 0) is 254 Å². The van der Waals surface area contributed by atoms with E-state index in [0.717, 1.165) is 82.6 Å². The standard InChI is InChI=1S/2C44H28O.C38H24O/c1-3-12-29(13-4-1)31-16-11-17-32(26-31)33-22-24-41-39(27-33)40-28-34(23-25-42(40)45-41)44-37-20-9-7-18-35(37)43(30-14-5-2-6-15-30)36-19-8-10-21-38(36)44;1-3-14-29(15-4-1)32-18-7-8-19-33(32)34-24-13-25-41-44(34)39-28-31(26-27-40(39)45-41)43-37-22-11-9-20-35(37)42(30-16-5-2-6-17-30)36-21-10-12-23-38(36)43;1-3-12-25(13-4-1)27-22-23-32-35(24-27)39-34-21-11-20-33(38(32)34)37-30-18-9-7-16-28(30)36(26-14-5-2-6-15-26)29-17-8-10-19-31(29)37/h2*1-28H;1-24H/i7D,8D,9D,10D,18D,19D,20D,21D;9D,10D,11D,12D,20D,21D,22D,23D;7D,8D,9D,10D,16D,17D,18D,19D. The van der Waals surface area contributed by atoms with Crippen molar-refractivity contribution in [3.05, 3.63) is 485 Å². The normalized spacial score (nSPS) is 14.2. The van der Waals surface area contributed by atoms with Crippen molar-refractivity contribution in [2.24, 2.45) is 0 Å². The Morgan fingerprint density at radius 2 is 0.395 bits per heavy atom. The van der Waals surface area contributed by atoms with Crippen molar-refractivity contribution < 1.29 is 46.1 Å². The van der Waals surface area contributed by atoms with E-state index in [2.05, 4.69) is 66.7 Å². The second-order valence-electron chi connectivity index (χ2n) is 31.6. The van der Waals surface area contributed by atoms with E-state index in [1.165, 1.54) is 0 Å². The van der Waals surface area contributed by atoms with E-state index in [1.54, 1.807) is 97.1 Å². The maximum Gasteiger partial charge on any atom is 0.136 e. The zero-order valence-corrected chi connectivity index (χ0v) is 68.6. The Balaban J connectivity index is 0.000000122. The lowest BCUT2D eigenvalue weighted by molar-refractivity contribution is 0.668. The largest absolute Gasteiger partial charge is 0.456 e. The summed E-state index contributed by atoms with van der Waals surface area (Å²) in [6.45, 7) is 0. The zero-order chi connectivity index (χ0) is 106. The maximum atomic E-state index is 9.28. The fourth-order valence-corrected chi connectivity index (χ4v) is 18.7. The number of benzene rings is 23. The van der Waals surface area contributed by atoms with Crippen LogP contribution in [0.1, 0.15) is 32.9 Å². The Morgan fingerprint density at radius 1 is 0.132 bits per heavy atom. The average molecular weight is 1670 g/mol. The molecule has 0 bridgehead atoms. The second-order valence-corrected chi connectivity index (χ2v) is 31.6. The van der Waals surface area contributed by atoms with E-state index >= 15 is 0 Å². The molecule has 0 unspecified atom stereocenters. The molecule has 26 rings (SSSR count). The van der Waals surface area contributed by atoms with Crippen LogP contribution >= 0.6 is 0 Å². The molecule has 0 N–H and O–H groups in total. The van der Waals surface area contributed by atoms with Crippen LogP contribution in [0, 0.1) is 0 Å². The predicted molar refractivity (Wildman–Crippen MR) is 546 cm³/mol. The van der Waals surface area contributed by atoms with Gasteiger partial charge in [0, 0.05) is 32.3 Å². The number of furan rings is 3. The van der Waals surface area contributed by atoms with Gasteiger partial charge in [0.25, 0.3) is 0 Å². The minimum Gasteiger partial charge on any atom is -0.456 e. The van der Waals surface area contributed by atoms with Crippen LogP contribution in [0.4, 0.5) is 0 Å². The fraction of sp³-hybridized carbons (Fsp3) is 0. The summed E-state index contributed by atoms with van der Waals surface area (Å²) in [4.78, 5) is 0. The summed E-state index contributed by atoms with van der Waals surface area (Å²) in [7, 11) is 0. The van der Waals surface area contributed by atoms with Gasteiger partial charge < -0.3 is 13.3 Å². The van der Waals surface area contributed by atoms with Crippen LogP contribution in [-0.2, 0) is 0 Å². The molecule has 0 aliphatic rings. The van der Waals surface area contributed by atoms with Gasteiger partial charge in [-0.3, -0.25) is 0 Å². The second kappa shape index (κ2) is 32.3. The van der Waals surface area contributed by atoms with Crippen LogP contribution in [0.2, 0.25) is 0 Å². The highest BCUT2D eigenvalue weighted by molar-refractivity contribution is 6.28. The molecule has 0 radical (unpaired) electrons. The first kappa shape index (κ1) is 54.6. The van der Waals surface area contributed by atoms with E-state index in [0.29, 0.717) is 106 Å². The molecule has 602 valence electrons. The van der Waals surface area contributed by atoms with Crippen molar-refractivity contribution >= 4 is 130 Å². The van der Waals surface area contributed by atoms with Gasteiger partial charge in [-0.15, -0.1) is 0 Å². The van der Waals surface area contributed by atoms with Crippen molar-refractivity contribution in [2.45, 2.75) is 0 Å². The summed E-state index contributed by atoms with van der Waals surface area (Å²) < 4.78 is 234. The van der Waals surface area contributed by atoms with Crippen molar-refractivity contribution in [1.29, 1.82) is 0 Å². The van der Waals surface area contributed by atoms with Crippen LogP contribution in [0.15, 0.2) is 498 Å². The Morgan fingerprint density at radius 3 is 0.822 bits per heavy atom. The maximum absolute atomic E-state index is 9.28. The molecule has 0 fully saturated rings. The van der Waals surface area contributed by atoms with Crippen LogP contribution < -0.4 is 0 Å². The molecule has 3 aromatic heterocycles. The molecule has 0 aliphatic carbocycles. The quantitative estimate of drug-likeness (QED) is 0.121. The Kier molecular flexibility index (Phi) is 13.7. The molecular weight excluding hydrogens is 1560 g/mol. The predicted octanol–water partition coefficient (Wildman–Crippen LogP) is 36.0. The Hall–Kier alpha value is -17.0. The van der Waals surface area contributed by atoms with E-state index in [9.17, 15) is 11.0 Å². The number of rotatable bonds is 11. The first-order chi connectivity index (χ1) is 74.0. The van der Waals surface area contributed by atoms with Crippen LogP contribution in [0.25, 0.3) is 253 Å². The molecule has 0 spiro atoms. The molecule has 129 heavy (non-hydrogen) atoms. The molecule has 0 amide bonds. The lowest BCUT2D eigenvalue weighted by atomic mass is 9.85. The molecule has 0 saturated carbocycles. The van der Waals surface area contributed by atoms with Gasteiger partial charge >= 0.3 is 0 Å². The number of hydrogen-bond acceptors (Lipinski definition) is 3. The summed E-state index contributed by atoms with van der Waals surface area (Å²) in [6.07, 6.45) is 0. The molecule has 0 aliphatic heterocycles. The fourth-order valence-electron chi connectivity index (χ4n) is 18.7. The molecule has 26 aromatic rings. The van der Waals surface area contributed by atoms with Crippen molar-refractivity contribution in [1.82, 2.24) is 0 Å². The monoisotopic (exact) mass is 1660 g/mol. The highest BCUT2D eigenvalue weighted by Gasteiger charge is 2.25. The van der Waals surface area contributed by atoms with Gasteiger partial charge in [-0.1, -0.05) is 418 Å². The molecule has 0 atom stereocenters. The Labute approximate surface area is 779 Å². The highest BCUT2D eigenvalue weighted by Crippen LogP contribution is 2.52. The SMILES string of the molecule is [2H]c1c([2H])c([2H])c2c(-c3ccc4oc5ccc(-c6cccc(-c7ccccc7)c6)cc5c4c3)c3c([2H])c([2H])c([2H])c([2H])c3c(-c3ccccc3)c2c1[2H].[2H]c1c([2H])c([2H])c2c(-c3ccc4oc5cccc(-c6ccccc6-c6ccccc6)c5c4c3)c3c([2H])c([2H])c([2H])c([2H])c3c(-c3ccccc3)c2c1[2H].[2H]c1c([2H])c([2H])c2c(-c3cccc4oc5cc(-c6ccccc6)ccc5c34)c3c([2H])c([2H])c([2H])c([2H])c3c(-c3ccccc3)c2c1[2H]. The van der Waals surface area contributed by atoms with Gasteiger partial charge in [0.1, 0.15) is 33.5 Å². The average Bonchev–Trinajstić information content (AvgIpc) is 1.32. The first-order valence-electron chi connectivity index (χ1n) is 54.3. The number of hydrogen-bond donors (Lipinski definition) is 0. The molecule has 23 aromatic carbocycles. The third-order valence-electron chi connectivity index (χ3n) is 24.3. The van der Waals surface area contributed by atoms with Gasteiger partial charge in [0.05, 0.1) is 32.9 Å². The lowest BCUT2D eigenvalue weighted by Gasteiger charge is -2.18. The van der Waals surface area contributed by atoms with E-state index in [4.69, 9.17) is 35.2 Å². The summed E-state index contributed by atoms with van der Waals surface area (Å²) in [5, 5.41) is 6.82. The lowest BCUT2D eigenvalue weighted by Crippen LogP contribution is -1.91. The molecule has 3 heterocycles. The van der Waals surface area contributed by atoms with Gasteiger partial charge in [0.2, 0.25) is 0 Å². The van der Waals surface area contributed by atoms with Crippen molar-refractivity contribution in [3.63, 3.8) is 0 Å². The van der Waals surface area contributed by atoms with E-state index < -0.39 is 72.5 Å². The van der Waals surface area contributed by atoms with Crippen LogP contribution in [-0.4, -0.2) is 0 Å². The molecular formula is C126H80O3. The molecule has 0 saturated heterocycles. The topological polar surface area (TPSA) is 39.4 Å².